The molecular formula is C7H8BN2O. The van der Waals surface area contributed by atoms with Crippen LogP contribution in [0.25, 0.3) is 0 Å². The minimum atomic E-state index is 0. The van der Waals surface area contributed by atoms with Gasteiger partial charge in [0.25, 0.3) is 6.26 Å². The van der Waals surface area contributed by atoms with E-state index in [1.54, 1.807) is 0 Å². The van der Waals surface area contributed by atoms with Gasteiger partial charge in [-0.05, 0) is 12.1 Å². The Kier molecular flexibility index (Phi) is 9.20. The molecule has 0 aliphatic heterocycles. The molecule has 55 valence electrons. The number of para-hydroxylation sites is 1. The second kappa shape index (κ2) is 8.37. The summed E-state index contributed by atoms with van der Waals surface area (Å²) in [7, 11) is 0. The highest BCUT2D eigenvalue weighted by Crippen LogP contribution is 1.95. The number of aliphatic hydroxyl groups excluding tert-OH is 1. The molecule has 4 heteroatoms. The van der Waals surface area contributed by atoms with Gasteiger partial charge in [0.05, 0.1) is 0 Å². The van der Waals surface area contributed by atoms with Crippen LogP contribution < -0.4 is 5.73 Å². The summed E-state index contributed by atoms with van der Waals surface area (Å²) in [5.41, 5.74) is 6.18. The Morgan fingerprint density at radius 1 is 1.27 bits per heavy atom. The molecule has 1 aromatic carbocycles. The van der Waals surface area contributed by atoms with E-state index in [-0.39, 0.29) is 8.41 Å². The standard InChI is InChI=1S/C6H7N.CHNO.B/c7-6-4-2-1-3-5-6;2-1-3;/h1-5H,7H2;3H;. The van der Waals surface area contributed by atoms with Crippen LogP contribution in [-0.4, -0.2) is 13.5 Å². The van der Waals surface area contributed by atoms with E-state index in [2.05, 4.69) is 0 Å². The largest absolute Gasteiger partial charge is 0.443 e. The summed E-state index contributed by atoms with van der Waals surface area (Å²) in [4.78, 5) is 0. The number of nitriles is 1. The molecule has 0 saturated heterocycles. The molecule has 1 rings (SSSR count). The van der Waals surface area contributed by atoms with Gasteiger partial charge in [-0.25, -0.2) is 0 Å². The molecule has 0 unspecified atom stereocenters. The van der Waals surface area contributed by atoms with Crippen LogP contribution in [0.2, 0.25) is 0 Å². The van der Waals surface area contributed by atoms with Gasteiger partial charge < -0.3 is 10.8 Å². The van der Waals surface area contributed by atoms with Crippen molar-refractivity contribution in [1.82, 2.24) is 0 Å². The number of nitrogens with two attached hydrogens (primary N) is 1. The van der Waals surface area contributed by atoms with E-state index in [0.29, 0.717) is 0 Å². The lowest BCUT2D eigenvalue weighted by atomic mass is 10.3. The zero-order chi connectivity index (χ0) is 7.82. The molecule has 0 heterocycles. The molecular weight excluding hydrogens is 139 g/mol. The van der Waals surface area contributed by atoms with E-state index in [0.717, 1.165) is 11.9 Å². The number of anilines is 1. The molecule has 0 fully saturated rings. The van der Waals surface area contributed by atoms with Crippen molar-refractivity contribution in [2.24, 2.45) is 0 Å². The SMILES string of the molecule is N#CO.Nc1ccccc1.[B]. The van der Waals surface area contributed by atoms with Gasteiger partial charge in [0, 0.05) is 14.1 Å². The van der Waals surface area contributed by atoms with E-state index in [4.69, 9.17) is 16.1 Å². The molecule has 0 saturated carbocycles. The van der Waals surface area contributed by atoms with Crippen LogP contribution in [0.5, 0.6) is 0 Å². The summed E-state index contributed by atoms with van der Waals surface area (Å²) in [5, 5.41) is 13.8. The second-order valence-electron chi connectivity index (χ2n) is 1.51. The Labute approximate surface area is 67.7 Å². The molecule has 0 aliphatic rings. The minimum absolute atomic E-state index is 0. The zero-order valence-corrected chi connectivity index (χ0v) is 5.94. The van der Waals surface area contributed by atoms with Gasteiger partial charge in [-0.1, -0.05) is 18.2 Å². The molecule has 0 atom stereocenters. The van der Waals surface area contributed by atoms with Gasteiger partial charge in [-0.3, -0.25) is 0 Å². The quantitative estimate of drug-likeness (QED) is 0.322. The number of nitrogens with zero attached hydrogens (tertiary/aromatic N) is 1. The fourth-order valence-electron chi connectivity index (χ4n) is 0.453. The van der Waals surface area contributed by atoms with Gasteiger partial charge in [0.2, 0.25) is 0 Å². The third kappa shape index (κ3) is 8.37. The fraction of sp³-hybridized carbons (Fsp3) is 0. The third-order valence-electron chi connectivity index (χ3n) is 0.800. The number of nitrogen functional groups attached to an aromatic ring is 1. The summed E-state index contributed by atoms with van der Waals surface area (Å²) >= 11 is 0. The second-order valence-corrected chi connectivity index (χ2v) is 1.51. The number of hydrogen-bond acceptors (Lipinski definition) is 3. The molecule has 3 radical (unpaired) electrons. The Morgan fingerprint density at radius 3 is 1.82 bits per heavy atom. The highest BCUT2D eigenvalue weighted by molar-refractivity contribution is 5.75. The van der Waals surface area contributed by atoms with Crippen LogP contribution in [0.15, 0.2) is 30.3 Å². The van der Waals surface area contributed by atoms with Crippen molar-refractivity contribution in [3.8, 4) is 6.26 Å². The molecule has 11 heavy (non-hydrogen) atoms. The van der Waals surface area contributed by atoms with Crippen molar-refractivity contribution >= 4 is 14.1 Å². The van der Waals surface area contributed by atoms with E-state index < -0.39 is 0 Å². The molecule has 3 nitrogen and oxygen atoms in total. The van der Waals surface area contributed by atoms with Crippen LogP contribution in [0, 0.1) is 11.5 Å². The highest BCUT2D eigenvalue weighted by atomic mass is 16.2. The molecule has 1 aromatic rings. The van der Waals surface area contributed by atoms with Crippen molar-refractivity contribution in [2.45, 2.75) is 0 Å². The van der Waals surface area contributed by atoms with Crippen LogP contribution >= 0.6 is 0 Å². The summed E-state index contributed by atoms with van der Waals surface area (Å²) in [6.45, 7) is 0. The normalized spacial score (nSPS) is 6.09. The average molecular weight is 147 g/mol. The summed E-state index contributed by atoms with van der Waals surface area (Å²) in [6.07, 6.45) is 0.750. The van der Waals surface area contributed by atoms with Gasteiger partial charge in [0.15, 0.2) is 0 Å². The Hall–Kier alpha value is -1.63. The van der Waals surface area contributed by atoms with Crippen LogP contribution in [0.1, 0.15) is 0 Å². The average Bonchev–Trinajstić information content (AvgIpc) is 1.91. The molecule has 0 bridgehead atoms. The van der Waals surface area contributed by atoms with E-state index >= 15 is 0 Å². The van der Waals surface area contributed by atoms with E-state index in [1.807, 2.05) is 30.3 Å². The zero-order valence-electron chi connectivity index (χ0n) is 5.94. The van der Waals surface area contributed by atoms with Gasteiger partial charge >= 0.3 is 0 Å². The number of rotatable bonds is 0. The van der Waals surface area contributed by atoms with Gasteiger partial charge in [0.1, 0.15) is 0 Å². The smallest absolute Gasteiger partial charge is 0.283 e. The molecule has 0 spiro atoms. The number of hydrogen-bond donors (Lipinski definition) is 2. The predicted octanol–water partition coefficient (Wildman–Crippen LogP) is 0.728. The summed E-state index contributed by atoms with van der Waals surface area (Å²) < 4.78 is 0. The maximum absolute atomic E-state index is 6.88. The third-order valence-corrected chi connectivity index (χ3v) is 0.800. The summed E-state index contributed by atoms with van der Waals surface area (Å²) in [5.74, 6) is 0. The van der Waals surface area contributed by atoms with Gasteiger partial charge in [-0.15, -0.1) is 0 Å². The maximum Gasteiger partial charge on any atom is 0.283 e. The maximum atomic E-state index is 6.88. The molecule has 3 N–H and O–H groups in total. The lowest BCUT2D eigenvalue weighted by molar-refractivity contribution is 0.503. The van der Waals surface area contributed by atoms with Crippen molar-refractivity contribution in [1.29, 1.82) is 5.26 Å². The molecule has 0 aromatic heterocycles. The first-order valence-corrected chi connectivity index (χ1v) is 2.65. The topological polar surface area (TPSA) is 70.0 Å². The van der Waals surface area contributed by atoms with Crippen molar-refractivity contribution < 1.29 is 5.11 Å². The van der Waals surface area contributed by atoms with Crippen molar-refractivity contribution in [2.75, 3.05) is 5.73 Å². The first-order chi connectivity index (χ1) is 4.81. The monoisotopic (exact) mass is 147 g/mol. The molecule has 0 aliphatic carbocycles. The van der Waals surface area contributed by atoms with Crippen LogP contribution in [-0.2, 0) is 0 Å². The van der Waals surface area contributed by atoms with Crippen molar-refractivity contribution in [3.05, 3.63) is 30.3 Å². The summed E-state index contributed by atoms with van der Waals surface area (Å²) in [6, 6.07) is 9.49. The van der Waals surface area contributed by atoms with Crippen molar-refractivity contribution in [3.63, 3.8) is 0 Å². The predicted molar refractivity (Wildman–Crippen MR) is 44.2 cm³/mol. The van der Waals surface area contributed by atoms with Crippen LogP contribution in [0.4, 0.5) is 5.69 Å². The fourth-order valence-corrected chi connectivity index (χ4v) is 0.453. The highest BCUT2D eigenvalue weighted by Gasteiger charge is 1.72. The Balaban J connectivity index is 0. The van der Waals surface area contributed by atoms with Crippen LogP contribution in [0.3, 0.4) is 0 Å². The number of aliphatic hydroxyl groups is 1. The first-order valence-electron chi connectivity index (χ1n) is 2.65. The van der Waals surface area contributed by atoms with E-state index in [1.165, 1.54) is 0 Å². The Bertz CT molecular complexity index is 207. The number of benzene rings is 1. The first kappa shape index (κ1) is 12.1. The molecule has 0 amide bonds. The lowest BCUT2D eigenvalue weighted by Crippen LogP contribution is -1.79. The minimum Gasteiger partial charge on any atom is -0.443 e. The lowest BCUT2D eigenvalue weighted by Gasteiger charge is -1.83. The Morgan fingerprint density at radius 2 is 1.64 bits per heavy atom. The van der Waals surface area contributed by atoms with E-state index in [9.17, 15) is 0 Å². The van der Waals surface area contributed by atoms with Gasteiger partial charge in [-0.2, -0.15) is 5.26 Å².